The summed E-state index contributed by atoms with van der Waals surface area (Å²) < 4.78 is 0. The van der Waals surface area contributed by atoms with E-state index in [1.807, 2.05) is 27.7 Å². The first-order chi connectivity index (χ1) is 9.27. The quantitative estimate of drug-likeness (QED) is 0.812. The molecule has 5 heteroatoms. The Morgan fingerprint density at radius 1 is 1.30 bits per heavy atom. The van der Waals surface area contributed by atoms with Crippen LogP contribution < -0.4 is 11.1 Å². The Hall–Kier alpha value is -1.10. The molecule has 3 N–H and O–H groups in total. The number of hydrogen-bond donors (Lipinski definition) is 2. The van der Waals surface area contributed by atoms with Crippen molar-refractivity contribution in [3.05, 3.63) is 0 Å². The predicted molar refractivity (Wildman–Crippen MR) is 80.0 cm³/mol. The van der Waals surface area contributed by atoms with Crippen molar-refractivity contribution in [3.63, 3.8) is 0 Å². The van der Waals surface area contributed by atoms with Gasteiger partial charge in [-0.25, -0.2) is 0 Å². The Morgan fingerprint density at radius 2 is 1.85 bits per heavy atom. The zero-order chi connectivity index (χ0) is 15.3. The minimum absolute atomic E-state index is 0.00455. The van der Waals surface area contributed by atoms with Crippen LogP contribution in [0.2, 0.25) is 0 Å². The maximum atomic E-state index is 12.3. The van der Waals surface area contributed by atoms with Gasteiger partial charge in [-0.2, -0.15) is 0 Å². The summed E-state index contributed by atoms with van der Waals surface area (Å²) in [7, 11) is 0. The Bertz CT molecular complexity index is 342. The molecule has 0 radical (unpaired) electrons. The lowest BCUT2D eigenvalue weighted by atomic mass is 9.86. The molecule has 1 aliphatic rings. The molecule has 1 atom stereocenters. The third-order valence-electron chi connectivity index (χ3n) is 3.93. The van der Waals surface area contributed by atoms with E-state index < -0.39 is 6.04 Å². The Kier molecular flexibility index (Phi) is 5.99. The first-order valence-corrected chi connectivity index (χ1v) is 7.59. The molecule has 1 fully saturated rings. The van der Waals surface area contributed by atoms with Gasteiger partial charge in [-0.3, -0.25) is 9.59 Å². The van der Waals surface area contributed by atoms with E-state index in [0.717, 1.165) is 25.8 Å². The minimum atomic E-state index is -0.479. The Labute approximate surface area is 122 Å². The standard InChI is InChI=1S/C15H29N3O2/c1-5-8-17-13(19)11-6-9-18(10-7-11)14(20)12(16)15(2,3)4/h11-12H,5-10,16H2,1-4H3,(H,17,19)/t12-/m1/s1. The molecule has 1 rings (SSSR count). The van der Waals surface area contributed by atoms with Crippen molar-refractivity contribution in [2.45, 2.75) is 53.0 Å². The van der Waals surface area contributed by atoms with Gasteiger partial charge < -0.3 is 16.0 Å². The fourth-order valence-electron chi connectivity index (χ4n) is 2.32. The normalized spacial score (nSPS) is 18.8. The van der Waals surface area contributed by atoms with Crippen LogP contribution in [0.25, 0.3) is 0 Å². The summed E-state index contributed by atoms with van der Waals surface area (Å²) in [5.74, 6) is 0.167. The molecule has 0 aromatic rings. The molecule has 20 heavy (non-hydrogen) atoms. The van der Waals surface area contributed by atoms with Gasteiger partial charge in [0, 0.05) is 25.6 Å². The second-order valence-corrected chi connectivity index (χ2v) is 6.73. The molecule has 1 aliphatic heterocycles. The van der Waals surface area contributed by atoms with Crippen molar-refractivity contribution in [1.29, 1.82) is 0 Å². The van der Waals surface area contributed by atoms with Crippen molar-refractivity contribution < 1.29 is 9.59 Å². The summed E-state index contributed by atoms with van der Waals surface area (Å²) in [6.45, 7) is 9.95. The van der Waals surface area contributed by atoms with Crippen LogP contribution in [0.15, 0.2) is 0 Å². The largest absolute Gasteiger partial charge is 0.356 e. The molecule has 0 unspecified atom stereocenters. The molecule has 0 spiro atoms. The molecule has 1 heterocycles. The van der Waals surface area contributed by atoms with Gasteiger partial charge >= 0.3 is 0 Å². The van der Waals surface area contributed by atoms with E-state index in [0.29, 0.717) is 13.1 Å². The van der Waals surface area contributed by atoms with Gasteiger partial charge in [-0.15, -0.1) is 0 Å². The van der Waals surface area contributed by atoms with Crippen LogP contribution in [0.1, 0.15) is 47.0 Å². The van der Waals surface area contributed by atoms with Gasteiger partial charge in [0.1, 0.15) is 0 Å². The highest BCUT2D eigenvalue weighted by molar-refractivity contribution is 5.83. The molecule has 116 valence electrons. The van der Waals surface area contributed by atoms with E-state index >= 15 is 0 Å². The van der Waals surface area contributed by atoms with Gasteiger partial charge in [0.25, 0.3) is 0 Å². The van der Waals surface area contributed by atoms with E-state index in [-0.39, 0.29) is 23.1 Å². The van der Waals surface area contributed by atoms with Crippen LogP contribution in [0.3, 0.4) is 0 Å². The third kappa shape index (κ3) is 4.47. The predicted octanol–water partition coefficient (Wildman–Crippen LogP) is 1.12. The van der Waals surface area contributed by atoms with Gasteiger partial charge in [0.05, 0.1) is 6.04 Å². The summed E-state index contributed by atoms with van der Waals surface area (Å²) in [5.41, 5.74) is 5.79. The molecule has 0 aliphatic carbocycles. The topological polar surface area (TPSA) is 75.4 Å². The van der Waals surface area contributed by atoms with E-state index in [9.17, 15) is 9.59 Å². The van der Waals surface area contributed by atoms with Crippen LogP contribution in [-0.2, 0) is 9.59 Å². The van der Waals surface area contributed by atoms with Crippen LogP contribution in [0.5, 0.6) is 0 Å². The zero-order valence-electron chi connectivity index (χ0n) is 13.2. The summed E-state index contributed by atoms with van der Waals surface area (Å²) in [6.07, 6.45) is 2.42. The Morgan fingerprint density at radius 3 is 2.30 bits per heavy atom. The molecule has 1 saturated heterocycles. The zero-order valence-corrected chi connectivity index (χ0v) is 13.2. The summed E-state index contributed by atoms with van der Waals surface area (Å²) in [5, 5.41) is 2.93. The molecule has 0 aromatic heterocycles. The second-order valence-electron chi connectivity index (χ2n) is 6.73. The fourth-order valence-corrected chi connectivity index (χ4v) is 2.32. The minimum Gasteiger partial charge on any atom is -0.356 e. The van der Waals surface area contributed by atoms with Crippen molar-refractivity contribution in [2.24, 2.45) is 17.1 Å². The fraction of sp³-hybridized carbons (Fsp3) is 0.867. The smallest absolute Gasteiger partial charge is 0.240 e. The number of carbonyl (C=O) groups is 2. The SMILES string of the molecule is CCCNC(=O)C1CCN(C(=O)[C@@H](N)C(C)(C)C)CC1. The number of rotatable bonds is 4. The van der Waals surface area contributed by atoms with Crippen LogP contribution in [-0.4, -0.2) is 42.4 Å². The van der Waals surface area contributed by atoms with Gasteiger partial charge in [-0.05, 0) is 24.7 Å². The lowest BCUT2D eigenvalue weighted by Crippen LogP contribution is -2.53. The lowest BCUT2D eigenvalue weighted by molar-refractivity contribution is -0.138. The van der Waals surface area contributed by atoms with Crippen molar-refractivity contribution in [1.82, 2.24) is 10.2 Å². The maximum absolute atomic E-state index is 12.3. The van der Waals surface area contributed by atoms with Gasteiger partial charge in [0.15, 0.2) is 0 Å². The first-order valence-electron chi connectivity index (χ1n) is 7.59. The third-order valence-corrected chi connectivity index (χ3v) is 3.93. The maximum Gasteiger partial charge on any atom is 0.240 e. The van der Waals surface area contributed by atoms with Crippen LogP contribution in [0.4, 0.5) is 0 Å². The van der Waals surface area contributed by atoms with Gasteiger partial charge in [0.2, 0.25) is 11.8 Å². The molecule has 5 nitrogen and oxygen atoms in total. The second kappa shape index (κ2) is 7.07. The van der Waals surface area contributed by atoms with Crippen LogP contribution >= 0.6 is 0 Å². The molecular weight excluding hydrogens is 254 g/mol. The number of carbonyl (C=O) groups excluding carboxylic acids is 2. The van der Waals surface area contributed by atoms with E-state index in [1.165, 1.54) is 0 Å². The average molecular weight is 283 g/mol. The molecule has 0 bridgehead atoms. The lowest BCUT2D eigenvalue weighted by Gasteiger charge is -2.36. The van der Waals surface area contributed by atoms with Crippen molar-refractivity contribution in [2.75, 3.05) is 19.6 Å². The number of likely N-dealkylation sites (tertiary alicyclic amines) is 1. The highest BCUT2D eigenvalue weighted by Crippen LogP contribution is 2.23. The van der Waals surface area contributed by atoms with Crippen LogP contribution in [0, 0.1) is 11.3 Å². The number of nitrogens with zero attached hydrogens (tertiary/aromatic N) is 1. The molecule has 0 saturated carbocycles. The average Bonchev–Trinajstić information content (AvgIpc) is 2.42. The van der Waals surface area contributed by atoms with Crippen molar-refractivity contribution in [3.8, 4) is 0 Å². The van der Waals surface area contributed by atoms with Gasteiger partial charge in [-0.1, -0.05) is 27.7 Å². The molecular formula is C15H29N3O2. The number of piperidine rings is 1. The summed E-state index contributed by atoms with van der Waals surface area (Å²) in [4.78, 5) is 26.0. The Balaban J connectivity index is 2.46. The highest BCUT2D eigenvalue weighted by atomic mass is 16.2. The summed E-state index contributed by atoms with van der Waals surface area (Å²) in [6, 6.07) is -0.479. The monoisotopic (exact) mass is 283 g/mol. The number of nitrogens with one attached hydrogen (secondary N) is 1. The van der Waals surface area contributed by atoms with E-state index in [4.69, 9.17) is 5.73 Å². The highest BCUT2D eigenvalue weighted by Gasteiger charge is 2.34. The molecule has 0 aromatic carbocycles. The first kappa shape index (κ1) is 17.0. The van der Waals surface area contributed by atoms with E-state index in [1.54, 1.807) is 4.90 Å². The van der Waals surface area contributed by atoms with E-state index in [2.05, 4.69) is 5.32 Å². The molecule has 2 amide bonds. The number of nitrogens with two attached hydrogens (primary N) is 1. The van der Waals surface area contributed by atoms with Crippen molar-refractivity contribution >= 4 is 11.8 Å². The number of amides is 2. The number of hydrogen-bond acceptors (Lipinski definition) is 3. The summed E-state index contributed by atoms with van der Waals surface area (Å²) >= 11 is 0.